The molecule has 70 valence electrons. The zero-order chi connectivity index (χ0) is 9.68. The summed E-state index contributed by atoms with van der Waals surface area (Å²) in [5.41, 5.74) is 2.19. The first kappa shape index (κ1) is 10.5. The molecule has 0 aromatic carbocycles. The van der Waals surface area contributed by atoms with Crippen LogP contribution in [0.2, 0.25) is 0 Å². The first-order chi connectivity index (χ1) is 6.29. The maximum absolute atomic E-state index is 5.99. The second-order valence-corrected chi connectivity index (χ2v) is 3.69. The Labute approximate surface area is 87.8 Å². The summed E-state index contributed by atoms with van der Waals surface area (Å²) in [7, 11) is 1.71. The molecule has 1 heterocycles. The largest absolute Gasteiger partial charge is 0.276 e. The van der Waals surface area contributed by atoms with E-state index in [-0.39, 0.29) is 0 Å². The van der Waals surface area contributed by atoms with Gasteiger partial charge in [0.05, 0.1) is 0 Å². The summed E-state index contributed by atoms with van der Waals surface area (Å²) >= 11 is 7.66. The number of nitrogens with zero attached hydrogens (tertiary/aromatic N) is 1. The maximum atomic E-state index is 5.99. The Morgan fingerprint density at radius 2 is 2.46 bits per heavy atom. The molecule has 0 radical (unpaired) electrons. The normalized spacial score (nSPS) is 13.5. The summed E-state index contributed by atoms with van der Waals surface area (Å²) in [5, 5.41) is 4.70. The number of allylic oxidation sites excluding steroid dienone is 2. The van der Waals surface area contributed by atoms with Gasteiger partial charge in [-0.2, -0.15) is 11.3 Å². The molecule has 0 aliphatic rings. The molecule has 0 amide bonds. The van der Waals surface area contributed by atoms with Crippen LogP contribution in [0.4, 0.5) is 0 Å². The van der Waals surface area contributed by atoms with E-state index in [0.29, 0.717) is 5.17 Å². The second kappa shape index (κ2) is 5.20. The van der Waals surface area contributed by atoms with Gasteiger partial charge in [0.1, 0.15) is 5.17 Å². The van der Waals surface area contributed by atoms with Crippen LogP contribution in [-0.4, -0.2) is 12.2 Å². The Morgan fingerprint density at radius 1 is 1.69 bits per heavy atom. The number of thiophene rings is 1. The van der Waals surface area contributed by atoms with Gasteiger partial charge >= 0.3 is 0 Å². The van der Waals surface area contributed by atoms with Gasteiger partial charge in [-0.25, -0.2) is 0 Å². The number of aliphatic imine (C=N–C) groups is 1. The van der Waals surface area contributed by atoms with Crippen molar-refractivity contribution in [2.45, 2.75) is 13.3 Å². The monoisotopic (exact) mass is 213 g/mol. The summed E-state index contributed by atoms with van der Waals surface area (Å²) in [4.78, 5) is 3.98. The number of rotatable bonds is 3. The highest BCUT2D eigenvalue weighted by Crippen LogP contribution is 2.21. The number of halogens is 1. The lowest BCUT2D eigenvalue weighted by Gasteiger charge is -2.01. The van der Waals surface area contributed by atoms with Crippen molar-refractivity contribution in [3.05, 3.63) is 28.5 Å². The van der Waals surface area contributed by atoms with Crippen molar-refractivity contribution in [1.29, 1.82) is 0 Å². The molecule has 0 aliphatic carbocycles. The van der Waals surface area contributed by atoms with E-state index in [1.165, 1.54) is 0 Å². The minimum atomic E-state index is 0.584. The summed E-state index contributed by atoms with van der Waals surface area (Å²) in [5.74, 6) is 0. The topological polar surface area (TPSA) is 12.4 Å². The van der Waals surface area contributed by atoms with Crippen molar-refractivity contribution < 1.29 is 0 Å². The van der Waals surface area contributed by atoms with E-state index in [1.807, 2.05) is 5.38 Å². The van der Waals surface area contributed by atoms with Gasteiger partial charge in [0.25, 0.3) is 0 Å². The van der Waals surface area contributed by atoms with Crippen molar-refractivity contribution >= 4 is 33.7 Å². The van der Waals surface area contributed by atoms with Crippen LogP contribution in [0.1, 0.15) is 18.9 Å². The molecule has 0 unspecified atom stereocenters. The summed E-state index contributed by atoms with van der Waals surface area (Å²) in [6.07, 6.45) is 3.06. The highest BCUT2D eigenvalue weighted by atomic mass is 35.5. The van der Waals surface area contributed by atoms with Gasteiger partial charge in [0, 0.05) is 12.6 Å². The van der Waals surface area contributed by atoms with Crippen LogP contribution in [-0.2, 0) is 0 Å². The summed E-state index contributed by atoms with van der Waals surface area (Å²) < 4.78 is 0. The van der Waals surface area contributed by atoms with E-state index in [4.69, 9.17) is 11.6 Å². The van der Waals surface area contributed by atoms with E-state index >= 15 is 0 Å². The molecule has 1 aromatic heterocycles. The van der Waals surface area contributed by atoms with Crippen LogP contribution in [0.5, 0.6) is 0 Å². The molecule has 3 heteroatoms. The second-order valence-electron chi connectivity index (χ2n) is 2.55. The first-order valence-electron chi connectivity index (χ1n) is 4.15. The average molecular weight is 214 g/mol. The van der Waals surface area contributed by atoms with Crippen molar-refractivity contribution in [3.8, 4) is 0 Å². The van der Waals surface area contributed by atoms with E-state index in [1.54, 1.807) is 18.4 Å². The number of hydrogen-bond donors (Lipinski definition) is 0. The Bertz CT molecular complexity index is 312. The van der Waals surface area contributed by atoms with Crippen molar-refractivity contribution in [1.82, 2.24) is 0 Å². The van der Waals surface area contributed by atoms with Crippen LogP contribution in [0.15, 0.2) is 27.9 Å². The highest BCUT2D eigenvalue weighted by Gasteiger charge is 2.05. The van der Waals surface area contributed by atoms with E-state index in [0.717, 1.165) is 17.6 Å². The number of hydrogen-bond acceptors (Lipinski definition) is 2. The van der Waals surface area contributed by atoms with Crippen LogP contribution >= 0.6 is 22.9 Å². The van der Waals surface area contributed by atoms with Gasteiger partial charge in [-0.15, -0.1) is 0 Å². The maximum Gasteiger partial charge on any atom is 0.130 e. The lowest BCUT2D eigenvalue weighted by Crippen LogP contribution is -1.91. The Morgan fingerprint density at radius 3 is 2.92 bits per heavy atom. The van der Waals surface area contributed by atoms with Gasteiger partial charge in [-0.05, 0) is 28.8 Å². The third kappa shape index (κ3) is 2.68. The molecule has 0 saturated heterocycles. The SMILES string of the molecule is CC/C=C(\C(Cl)=NC)c1ccsc1. The zero-order valence-electron chi connectivity index (χ0n) is 7.75. The van der Waals surface area contributed by atoms with Crippen LogP contribution < -0.4 is 0 Å². The molecule has 0 N–H and O–H groups in total. The standard InChI is InChI=1S/C10H12ClNS/c1-3-4-9(10(11)12-2)8-5-6-13-7-8/h4-7H,3H2,1-2H3/b9-4-,12-10?. The van der Waals surface area contributed by atoms with Crippen LogP contribution in [0.25, 0.3) is 5.57 Å². The van der Waals surface area contributed by atoms with Gasteiger partial charge in [-0.1, -0.05) is 24.6 Å². The Kier molecular flexibility index (Phi) is 4.19. The molecule has 1 nitrogen and oxygen atoms in total. The molecule has 0 bridgehead atoms. The molecule has 1 rings (SSSR count). The molecule has 0 aliphatic heterocycles. The van der Waals surface area contributed by atoms with E-state index in [2.05, 4.69) is 29.4 Å². The van der Waals surface area contributed by atoms with Crippen LogP contribution in [0.3, 0.4) is 0 Å². The first-order valence-corrected chi connectivity index (χ1v) is 5.47. The predicted molar refractivity (Wildman–Crippen MR) is 61.8 cm³/mol. The van der Waals surface area contributed by atoms with E-state index in [9.17, 15) is 0 Å². The average Bonchev–Trinajstić information content (AvgIpc) is 2.65. The van der Waals surface area contributed by atoms with Crippen molar-refractivity contribution in [2.75, 3.05) is 7.05 Å². The third-order valence-electron chi connectivity index (χ3n) is 1.66. The Hall–Kier alpha value is -0.600. The van der Waals surface area contributed by atoms with Gasteiger partial charge in [0.15, 0.2) is 0 Å². The molecule has 13 heavy (non-hydrogen) atoms. The fraction of sp³-hybridized carbons (Fsp3) is 0.300. The lowest BCUT2D eigenvalue weighted by atomic mass is 10.1. The minimum absolute atomic E-state index is 0.584. The quantitative estimate of drug-likeness (QED) is 0.678. The molecule has 1 aromatic rings. The van der Waals surface area contributed by atoms with Gasteiger partial charge < -0.3 is 0 Å². The summed E-state index contributed by atoms with van der Waals surface area (Å²) in [6, 6.07) is 2.06. The molecule has 0 saturated carbocycles. The van der Waals surface area contributed by atoms with E-state index < -0.39 is 0 Å². The molecular formula is C10H12ClNS. The summed E-state index contributed by atoms with van der Waals surface area (Å²) in [6.45, 7) is 2.09. The molecule has 0 fully saturated rings. The van der Waals surface area contributed by atoms with Gasteiger partial charge in [0.2, 0.25) is 0 Å². The minimum Gasteiger partial charge on any atom is -0.276 e. The lowest BCUT2D eigenvalue weighted by molar-refractivity contribution is 1.23. The fourth-order valence-corrected chi connectivity index (χ4v) is 1.91. The predicted octanol–water partition coefficient (Wildman–Crippen LogP) is 3.81. The van der Waals surface area contributed by atoms with Crippen molar-refractivity contribution in [3.63, 3.8) is 0 Å². The van der Waals surface area contributed by atoms with Crippen molar-refractivity contribution in [2.24, 2.45) is 4.99 Å². The molecule has 0 atom stereocenters. The fourth-order valence-electron chi connectivity index (χ4n) is 1.06. The van der Waals surface area contributed by atoms with Crippen LogP contribution in [0, 0.1) is 0 Å². The molecular weight excluding hydrogens is 202 g/mol. The molecule has 0 spiro atoms. The highest BCUT2D eigenvalue weighted by molar-refractivity contribution is 7.08. The van der Waals surface area contributed by atoms with Gasteiger partial charge in [-0.3, -0.25) is 4.99 Å². The zero-order valence-corrected chi connectivity index (χ0v) is 9.32. The Balaban J connectivity index is 3.01. The third-order valence-corrected chi connectivity index (χ3v) is 2.71. The smallest absolute Gasteiger partial charge is 0.130 e.